The number of hydrogen-bond donors (Lipinski definition) is 2. The Morgan fingerprint density at radius 1 is 1.12 bits per heavy atom. The zero-order chi connectivity index (χ0) is 31.4. The summed E-state index contributed by atoms with van der Waals surface area (Å²) in [5, 5.41) is 4.65. The average Bonchev–Trinajstić information content (AvgIpc) is 3.35. The van der Waals surface area contributed by atoms with Crippen molar-refractivity contribution in [3.8, 4) is 11.5 Å². The van der Waals surface area contributed by atoms with Crippen LogP contribution in [-0.2, 0) is 25.8 Å². The standard InChI is InChI=1S/C28H30F3N5O6S/c1-17(2)15-20(34-26(39)23-24(28(29,30)31)42-27(35-23)18-9-4-3-5-10-18)25(38)33-19-11-8-14-36(16-21(19)37)43(40,41)22-12-6-7-13-32-22/h3-7,9-10,12-13,17,19-20H,8,11,14-16H2,1-2H3,(H,33,38)(H,34,39). The minimum absolute atomic E-state index is 0.0132. The van der Waals surface area contributed by atoms with Crippen LogP contribution in [0.4, 0.5) is 13.2 Å². The van der Waals surface area contributed by atoms with Gasteiger partial charge >= 0.3 is 6.18 Å². The topological polar surface area (TPSA) is 152 Å². The van der Waals surface area contributed by atoms with E-state index in [-0.39, 0.29) is 42.3 Å². The van der Waals surface area contributed by atoms with Crippen LogP contribution in [0, 0.1) is 5.92 Å². The maximum absolute atomic E-state index is 13.8. The van der Waals surface area contributed by atoms with Crippen LogP contribution in [0.25, 0.3) is 11.5 Å². The third-order valence-electron chi connectivity index (χ3n) is 6.63. The number of Topliss-reactive ketones (excluding diaryl/α,β-unsaturated/α-hetero) is 1. The van der Waals surface area contributed by atoms with Gasteiger partial charge in [0.1, 0.15) is 6.04 Å². The lowest BCUT2D eigenvalue weighted by Crippen LogP contribution is -2.53. The Bertz CT molecular complexity index is 1560. The predicted molar refractivity (Wildman–Crippen MR) is 147 cm³/mol. The fourth-order valence-electron chi connectivity index (χ4n) is 4.56. The summed E-state index contributed by atoms with van der Waals surface area (Å²) in [6, 6.07) is 9.69. The number of halogens is 3. The summed E-state index contributed by atoms with van der Waals surface area (Å²) in [5.41, 5.74) is -0.816. The number of carbonyl (C=O) groups is 3. The Morgan fingerprint density at radius 2 is 1.81 bits per heavy atom. The van der Waals surface area contributed by atoms with Gasteiger partial charge in [-0.05, 0) is 49.4 Å². The van der Waals surface area contributed by atoms with Gasteiger partial charge in [0.05, 0.1) is 12.6 Å². The van der Waals surface area contributed by atoms with E-state index in [9.17, 15) is 36.0 Å². The van der Waals surface area contributed by atoms with Gasteiger partial charge in [-0.15, -0.1) is 0 Å². The molecule has 3 heterocycles. The van der Waals surface area contributed by atoms with E-state index in [1.807, 2.05) is 0 Å². The van der Waals surface area contributed by atoms with E-state index in [1.54, 1.807) is 38.1 Å². The van der Waals surface area contributed by atoms with Crippen molar-refractivity contribution < 1.29 is 40.4 Å². The van der Waals surface area contributed by atoms with Gasteiger partial charge in [-0.1, -0.05) is 38.1 Å². The summed E-state index contributed by atoms with van der Waals surface area (Å²) in [7, 11) is -4.06. The summed E-state index contributed by atoms with van der Waals surface area (Å²) in [5.74, 6) is -4.87. The molecule has 1 aromatic carbocycles. The normalized spacial score (nSPS) is 17.3. The highest BCUT2D eigenvalue weighted by molar-refractivity contribution is 7.89. The summed E-state index contributed by atoms with van der Waals surface area (Å²) >= 11 is 0. The molecule has 2 aromatic heterocycles. The molecule has 4 rings (SSSR count). The second-order valence-electron chi connectivity index (χ2n) is 10.4. The summed E-state index contributed by atoms with van der Waals surface area (Å²) in [6.07, 6.45) is -3.35. The molecule has 11 nitrogen and oxygen atoms in total. The third-order valence-corrected chi connectivity index (χ3v) is 8.39. The van der Waals surface area contributed by atoms with Gasteiger partial charge in [0.2, 0.25) is 17.6 Å². The number of oxazole rings is 1. The molecule has 1 aliphatic rings. The van der Waals surface area contributed by atoms with Crippen LogP contribution >= 0.6 is 0 Å². The zero-order valence-corrected chi connectivity index (χ0v) is 24.1. The number of carbonyl (C=O) groups excluding carboxylic acids is 3. The second-order valence-corrected chi connectivity index (χ2v) is 12.3. The molecule has 2 amide bonds. The molecule has 15 heteroatoms. The molecule has 230 valence electrons. The fraction of sp³-hybridized carbons (Fsp3) is 0.393. The van der Waals surface area contributed by atoms with Gasteiger partial charge in [-0.2, -0.15) is 17.5 Å². The average molecular weight is 622 g/mol. The fourth-order valence-corrected chi connectivity index (χ4v) is 5.93. The summed E-state index contributed by atoms with van der Waals surface area (Å²) < 4.78 is 73.2. The number of benzene rings is 1. The number of aromatic nitrogens is 2. The first kappa shape index (κ1) is 31.8. The number of nitrogens with one attached hydrogen (secondary N) is 2. The monoisotopic (exact) mass is 621 g/mol. The van der Waals surface area contributed by atoms with Crippen LogP contribution in [0.5, 0.6) is 0 Å². The zero-order valence-electron chi connectivity index (χ0n) is 23.3. The number of sulfonamides is 1. The van der Waals surface area contributed by atoms with Crippen molar-refractivity contribution in [3.05, 3.63) is 66.2 Å². The number of nitrogens with zero attached hydrogens (tertiary/aromatic N) is 3. The quantitative estimate of drug-likeness (QED) is 0.369. The highest BCUT2D eigenvalue weighted by Crippen LogP contribution is 2.35. The molecule has 3 aromatic rings. The van der Waals surface area contributed by atoms with Gasteiger partial charge in [0.25, 0.3) is 15.9 Å². The molecule has 1 aliphatic heterocycles. The number of rotatable bonds is 9. The smallest absolute Gasteiger partial charge is 0.431 e. The molecule has 2 unspecified atom stereocenters. The van der Waals surface area contributed by atoms with Gasteiger partial charge in [0, 0.05) is 18.3 Å². The summed E-state index contributed by atoms with van der Waals surface area (Å²) in [6.45, 7) is 2.99. The van der Waals surface area contributed by atoms with E-state index in [4.69, 9.17) is 4.42 Å². The maximum atomic E-state index is 13.8. The number of ketones is 1. The minimum atomic E-state index is -5.04. The predicted octanol–water partition coefficient (Wildman–Crippen LogP) is 3.44. The first-order valence-electron chi connectivity index (χ1n) is 13.5. The molecule has 0 saturated carbocycles. The first-order valence-corrected chi connectivity index (χ1v) is 14.9. The van der Waals surface area contributed by atoms with Crippen LogP contribution in [0.1, 0.15) is 49.4 Å². The van der Waals surface area contributed by atoms with Crippen molar-refractivity contribution in [2.75, 3.05) is 13.1 Å². The lowest BCUT2D eigenvalue weighted by atomic mass is 10.0. The molecule has 1 fully saturated rings. The second kappa shape index (κ2) is 13.0. The van der Waals surface area contributed by atoms with Crippen molar-refractivity contribution in [1.82, 2.24) is 24.9 Å². The van der Waals surface area contributed by atoms with Crippen LogP contribution in [0.3, 0.4) is 0 Å². The van der Waals surface area contributed by atoms with Crippen molar-refractivity contribution in [1.29, 1.82) is 0 Å². The van der Waals surface area contributed by atoms with Gasteiger partial charge in [0.15, 0.2) is 16.5 Å². The molecule has 0 radical (unpaired) electrons. The third kappa shape index (κ3) is 7.65. The van der Waals surface area contributed by atoms with E-state index in [1.165, 1.54) is 30.5 Å². The Balaban J connectivity index is 1.51. The van der Waals surface area contributed by atoms with Gasteiger partial charge in [-0.3, -0.25) is 14.4 Å². The van der Waals surface area contributed by atoms with Crippen LogP contribution in [0.2, 0.25) is 0 Å². The van der Waals surface area contributed by atoms with Crippen molar-refractivity contribution in [2.45, 2.75) is 56.4 Å². The van der Waals surface area contributed by atoms with Crippen LogP contribution < -0.4 is 10.6 Å². The molecule has 2 N–H and O–H groups in total. The van der Waals surface area contributed by atoms with Crippen molar-refractivity contribution in [3.63, 3.8) is 0 Å². The Hall–Kier alpha value is -4.11. The lowest BCUT2D eigenvalue weighted by molar-refractivity contribution is -0.153. The molecule has 0 spiro atoms. The first-order chi connectivity index (χ1) is 20.3. The minimum Gasteiger partial charge on any atom is -0.431 e. The van der Waals surface area contributed by atoms with E-state index in [0.29, 0.717) is 0 Å². The Morgan fingerprint density at radius 3 is 2.44 bits per heavy atom. The highest BCUT2D eigenvalue weighted by atomic mass is 32.2. The highest BCUT2D eigenvalue weighted by Gasteiger charge is 2.43. The van der Waals surface area contributed by atoms with Crippen LogP contribution in [0.15, 0.2) is 64.2 Å². The molecular formula is C28H30F3N5O6S. The lowest BCUT2D eigenvalue weighted by Gasteiger charge is -2.23. The van der Waals surface area contributed by atoms with Crippen LogP contribution in [-0.4, -0.2) is 65.5 Å². The number of pyridine rings is 1. The van der Waals surface area contributed by atoms with Gasteiger partial charge < -0.3 is 15.1 Å². The SMILES string of the molecule is CC(C)CC(NC(=O)c1nc(-c2ccccc2)oc1C(F)(F)F)C(=O)NC1CCCN(S(=O)(=O)c2ccccn2)CC1=O. The largest absolute Gasteiger partial charge is 0.452 e. The molecule has 0 bridgehead atoms. The van der Waals surface area contributed by atoms with Gasteiger partial charge in [-0.25, -0.2) is 18.4 Å². The van der Waals surface area contributed by atoms with E-state index >= 15 is 0 Å². The van der Waals surface area contributed by atoms with Crippen molar-refractivity contribution in [2.24, 2.45) is 5.92 Å². The maximum Gasteiger partial charge on any atom is 0.452 e. The number of hydrogen-bond acceptors (Lipinski definition) is 8. The number of amides is 2. The summed E-state index contributed by atoms with van der Waals surface area (Å²) in [4.78, 5) is 47.1. The molecular weight excluding hydrogens is 591 g/mol. The molecule has 2 atom stereocenters. The Kier molecular flexibility index (Phi) is 9.65. The van der Waals surface area contributed by atoms with E-state index in [2.05, 4.69) is 20.6 Å². The number of alkyl halides is 3. The molecule has 1 saturated heterocycles. The Labute approximate surface area is 245 Å². The van der Waals surface area contributed by atoms with Crippen molar-refractivity contribution >= 4 is 27.6 Å². The van der Waals surface area contributed by atoms with E-state index < -0.39 is 69.8 Å². The molecule has 0 aliphatic carbocycles. The van der Waals surface area contributed by atoms with E-state index in [0.717, 1.165) is 4.31 Å². The molecule has 43 heavy (non-hydrogen) atoms.